The molecule has 0 saturated carbocycles. The second kappa shape index (κ2) is 6.67. The molecule has 1 rings (SSSR count). The highest BCUT2D eigenvalue weighted by Crippen LogP contribution is 2.28. The van der Waals surface area contributed by atoms with Gasteiger partial charge in [0.1, 0.15) is 0 Å². The van der Waals surface area contributed by atoms with Gasteiger partial charge in [-0.05, 0) is 44.4 Å². The van der Waals surface area contributed by atoms with E-state index >= 15 is 0 Å². The minimum atomic E-state index is -3.90. The summed E-state index contributed by atoms with van der Waals surface area (Å²) < 4.78 is 23.7. The lowest BCUT2D eigenvalue weighted by Gasteiger charge is -2.28. The van der Waals surface area contributed by atoms with Crippen molar-refractivity contribution >= 4 is 41.6 Å². The summed E-state index contributed by atoms with van der Waals surface area (Å²) in [6.45, 7) is 7.56. The minimum absolute atomic E-state index is 0.0570. The second-order valence-corrected chi connectivity index (χ2v) is 8.63. The van der Waals surface area contributed by atoms with Gasteiger partial charge in [0.15, 0.2) is 0 Å². The van der Waals surface area contributed by atoms with Crippen molar-refractivity contribution in [3.8, 4) is 0 Å². The van der Waals surface area contributed by atoms with Crippen molar-refractivity contribution in [2.24, 2.45) is 0 Å². The van der Waals surface area contributed by atoms with Gasteiger partial charge in [-0.15, -0.1) is 0 Å². The van der Waals surface area contributed by atoms with Gasteiger partial charge in [-0.25, -0.2) is 8.42 Å². The first-order valence-electron chi connectivity index (χ1n) is 6.61. The van der Waals surface area contributed by atoms with Crippen LogP contribution in [0.15, 0.2) is 21.5 Å². The van der Waals surface area contributed by atoms with Crippen molar-refractivity contribution in [1.82, 2.24) is 5.32 Å². The number of carbonyl (C=O) groups excluding carboxylic acids is 1. The van der Waals surface area contributed by atoms with E-state index in [1.807, 2.05) is 20.8 Å². The van der Waals surface area contributed by atoms with E-state index in [0.717, 1.165) is 12.8 Å². The van der Waals surface area contributed by atoms with Crippen LogP contribution in [0.3, 0.4) is 0 Å². The molecule has 0 bridgehead atoms. The molecule has 7 heteroatoms. The highest BCUT2D eigenvalue weighted by atomic mass is 79.9. The SMILES string of the molecule is CCC(C)(CC)NC(=O)c1cc(Br)c(C)c(S(=O)(=O)Cl)c1. The lowest BCUT2D eigenvalue weighted by Crippen LogP contribution is -2.45. The first-order chi connectivity index (χ1) is 9.54. The summed E-state index contributed by atoms with van der Waals surface area (Å²) in [4.78, 5) is 12.3. The number of carbonyl (C=O) groups is 1. The molecule has 0 unspecified atom stereocenters. The molecule has 4 nitrogen and oxygen atoms in total. The van der Waals surface area contributed by atoms with Gasteiger partial charge in [-0.2, -0.15) is 0 Å². The lowest BCUT2D eigenvalue weighted by molar-refractivity contribution is 0.0900. The highest BCUT2D eigenvalue weighted by Gasteiger charge is 2.24. The number of halogens is 2. The van der Waals surface area contributed by atoms with Crippen LogP contribution in [0.2, 0.25) is 0 Å². The molecule has 0 aromatic heterocycles. The van der Waals surface area contributed by atoms with Crippen LogP contribution in [0.5, 0.6) is 0 Å². The molecule has 1 amide bonds. The topological polar surface area (TPSA) is 63.2 Å². The number of benzene rings is 1. The standard InChI is InChI=1S/C14H19BrClNO3S/c1-5-14(4,6-2)17-13(18)10-7-11(15)9(3)12(8-10)21(16,19)20/h7-8H,5-6H2,1-4H3,(H,17,18). The summed E-state index contributed by atoms with van der Waals surface area (Å²) >= 11 is 3.27. The molecular weight excluding hydrogens is 378 g/mol. The summed E-state index contributed by atoms with van der Waals surface area (Å²) in [5, 5.41) is 2.94. The third-order valence-corrected chi connectivity index (χ3v) is 6.07. The maximum Gasteiger partial charge on any atom is 0.261 e. The van der Waals surface area contributed by atoms with E-state index in [1.54, 1.807) is 13.0 Å². The second-order valence-electron chi connectivity index (χ2n) is 5.24. The van der Waals surface area contributed by atoms with Crippen molar-refractivity contribution in [2.45, 2.75) is 51.0 Å². The third-order valence-electron chi connectivity index (χ3n) is 3.80. The Hall–Kier alpha value is -0.590. The Morgan fingerprint density at radius 3 is 2.29 bits per heavy atom. The van der Waals surface area contributed by atoms with Crippen molar-refractivity contribution in [2.75, 3.05) is 0 Å². The molecule has 0 aliphatic carbocycles. The van der Waals surface area contributed by atoms with E-state index in [2.05, 4.69) is 21.2 Å². The molecule has 21 heavy (non-hydrogen) atoms. The summed E-state index contributed by atoms with van der Waals surface area (Å²) in [6.07, 6.45) is 1.56. The summed E-state index contributed by atoms with van der Waals surface area (Å²) in [5.41, 5.74) is 0.421. The molecule has 0 heterocycles. The third kappa shape index (κ3) is 4.44. The molecule has 0 aliphatic rings. The fraction of sp³-hybridized carbons (Fsp3) is 0.500. The first-order valence-corrected chi connectivity index (χ1v) is 9.71. The monoisotopic (exact) mass is 395 g/mol. The van der Waals surface area contributed by atoms with Gasteiger partial charge in [0.25, 0.3) is 15.0 Å². The Bertz CT molecular complexity index is 654. The molecular formula is C14H19BrClNO3S. The van der Waals surface area contributed by atoms with Crippen molar-refractivity contribution in [3.05, 3.63) is 27.7 Å². The Morgan fingerprint density at radius 1 is 1.33 bits per heavy atom. The van der Waals surface area contributed by atoms with Gasteiger partial charge >= 0.3 is 0 Å². The molecule has 0 atom stereocenters. The lowest BCUT2D eigenvalue weighted by atomic mass is 9.95. The van der Waals surface area contributed by atoms with E-state index in [9.17, 15) is 13.2 Å². The van der Waals surface area contributed by atoms with Crippen LogP contribution in [0.25, 0.3) is 0 Å². The van der Waals surface area contributed by atoms with Gasteiger partial charge in [0.2, 0.25) is 0 Å². The van der Waals surface area contributed by atoms with Gasteiger partial charge in [-0.3, -0.25) is 4.79 Å². The van der Waals surface area contributed by atoms with Crippen molar-refractivity contribution in [3.63, 3.8) is 0 Å². The van der Waals surface area contributed by atoms with Crippen LogP contribution in [0.1, 0.15) is 49.5 Å². The highest BCUT2D eigenvalue weighted by molar-refractivity contribution is 9.10. The van der Waals surface area contributed by atoms with Gasteiger partial charge in [0.05, 0.1) is 4.90 Å². The summed E-state index contributed by atoms with van der Waals surface area (Å²) in [7, 11) is 1.52. The van der Waals surface area contributed by atoms with E-state index in [1.165, 1.54) is 6.07 Å². The fourth-order valence-electron chi connectivity index (χ4n) is 1.81. The van der Waals surface area contributed by atoms with Gasteiger partial charge in [-0.1, -0.05) is 29.8 Å². The molecule has 0 aliphatic heterocycles. The van der Waals surface area contributed by atoms with E-state index in [4.69, 9.17) is 10.7 Å². The molecule has 0 radical (unpaired) electrons. The zero-order valence-corrected chi connectivity index (χ0v) is 15.6. The average Bonchev–Trinajstić information content (AvgIpc) is 2.40. The Balaban J connectivity index is 3.27. The quantitative estimate of drug-likeness (QED) is 0.765. The largest absolute Gasteiger partial charge is 0.347 e. The normalized spacial score (nSPS) is 12.3. The smallest absolute Gasteiger partial charge is 0.261 e. The van der Waals surface area contributed by atoms with E-state index < -0.39 is 9.05 Å². The first kappa shape index (κ1) is 18.5. The molecule has 0 fully saturated rings. The van der Waals surface area contributed by atoms with E-state index in [0.29, 0.717) is 10.0 Å². The molecule has 0 spiro atoms. The molecule has 1 aromatic carbocycles. The fourth-order valence-corrected chi connectivity index (χ4v) is 3.63. The predicted molar refractivity (Wildman–Crippen MR) is 88.4 cm³/mol. The summed E-state index contributed by atoms with van der Waals surface area (Å²) in [5.74, 6) is -0.316. The Labute approximate surface area is 138 Å². The van der Waals surface area contributed by atoms with Crippen LogP contribution >= 0.6 is 26.6 Å². The molecule has 0 saturated heterocycles. The van der Waals surface area contributed by atoms with Crippen LogP contribution in [-0.2, 0) is 9.05 Å². The number of nitrogens with one attached hydrogen (secondary N) is 1. The Morgan fingerprint density at radius 2 is 1.86 bits per heavy atom. The number of rotatable bonds is 5. The predicted octanol–water partition coefficient (Wildman–Crippen LogP) is 3.99. The van der Waals surface area contributed by atoms with Crippen molar-refractivity contribution < 1.29 is 13.2 Å². The number of amides is 1. The maximum absolute atomic E-state index is 12.4. The number of hydrogen-bond donors (Lipinski definition) is 1. The number of hydrogen-bond acceptors (Lipinski definition) is 3. The summed E-state index contributed by atoms with van der Waals surface area (Å²) in [6, 6.07) is 2.91. The van der Waals surface area contributed by atoms with Gasteiger partial charge < -0.3 is 5.32 Å². The van der Waals surface area contributed by atoms with Crippen LogP contribution in [0, 0.1) is 6.92 Å². The van der Waals surface area contributed by atoms with Crippen LogP contribution in [-0.4, -0.2) is 19.9 Å². The van der Waals surface area contributed by atoms with Crippen LogP contribution < -0.4 is 5.32 Å². The maximum atomic E-state index is 12.4. The van der Waals surface area contributed by atoms with E-state index in [-0.39, 0.29) is 21.9 Å². The zero-order chi connectivity index (χ0) is 16.4. The van der Waals surface area contributed by atoms with Crippen molar-refractivity contribution in [1.29, 1.82) is 0 Å². The average molecular weight is 397 g/mol. The molecule has 1 N–H and O–H groups in total. The van der Waals surface area contributed by atoms with Gasteiger partial charge in [0, 0.05) is 26.3 Å². The Kier molecular flexibility index (Phi) is 5.86. The minimum Gasteiger partial charge on any atom is -0.347 e. The molecule has 118 valence electrons. The molecule has 1 aromatic rings. The van der Waals surface area contributed by atoms with Crippen LogP contribution in [0.4, 0.5) is 0 Å². The zero-order valence-electron chi connectivity index (χ0n) is 12.5.